The highest BCUT2D eigenvalue weighted by Gasteiger charge is 2.41. The molecule has 0 radical (unpaired) electrons. The van der Waals surface area contributed by atoms with Crippen LogP contribution >= 0.6 is 0 Å². The van der Waals surface area contributed by atoms with Gasteiger partial charge in [0.25, 0.3) is 0 Å². The maximum absolute atomic E-state index is 13.6. The number of ether oxygens (including phenoxy) is 1. The Morgan fingerprint density at radius 3 is 2.25 bits per heavy atom. The zero-order valence-corrected chi connectivity index (χ0v) is 10.9. The summed E-state index contributed by atoms with van der Waals surface area (Å²) in [5, 5.41) is 0. The van der Waals surface area contributed by atoms with Crippen molar-refractivity contribution in [3.8, 4) is 0 Å². The van der Waals surface area contributed by atoms with Gasteiger partial charge in [-0.3, -0.25) is 0 Å². The number of hydrogen-bond donors (Lipinski definition) is 0. The Labute approximate surface area is 115 Å². The van der Waals surface area contributed by atoms with E-state index < -0.39 is 23.7 Å². The average Bonchev–Trinajstić information content (AvgIpc) is 2.93. The third-order valence-corrected chi connectivity index (χ3v) is 3.43. The minimum Gasteiger partial charge on any atom is -0.490 e. The molecule has 0 aromatic heterocycles. The summed E-state index contributed by atoms with van der Waals surface area (Å²) in [6, 6.07) is 8.79. The predicted octanol–water partition coefficient (Wildman–Crippen LogP) is 5.14. The van der Waals surface area contributed by atoms with E-state index in [0.29, 0.717) is 12.8 Å². The maximum Gasteiger partial charge on any atom is 0.446 e. The lowest BCUT2D eigenvalue weighted by Gasteiger charge is -2.18. The van der Waals surface area contributed by atoms with Crippen LogP contribution < -0.4 is 0 Å². The third kappa shape index (κ3) is 3.74. The SMILES string of the molecule is F/C(=C(/OCc1ccccc1)C1CCCC1)C(F)(F)F. The molecule has 0 unspecified atom stereocenters. The molecule has 1 saturated carbocycles. The molecule has 0 spiro atoms. The maximum atomic E-state index is 13.6. The topological polar surface area (TPSA) is 9.23 Å². The van der Waals surface area contributed by atoms with E-state index in [1.54, 1.807) is 30.3 Å². The number of alkyl halides is 3. The fourth-order valence-electron chi connectivity index (χ4n) is 2.42. The molecule has 2 rings (SSSR count). The highest BCUT2D eigenvalue weighted by molar-refractivity contribution is 5.16. The van der Waals surface area contributed by atoms with Crippen LogP contribution in [0.3, 0.4) is 0 Å². The molecule has 0 saturated heterocycles. The zero-order chi connectivity index (χ0) is 14.6. The number of rotatable bonds is 4. The number of benzene rings is 1. The molecular weight excluding hydrogens is 272 g/mol. The summed E-state index contributed by atoms with van der Waals surface area (Å²) in [6.07, 6.45) is -2.25. The Bertz CT molecular complexity index is 459. The first-order valence-corrected chi connectivity index (χ1v) is 6.62. The van der Waals surface area contributed by atoms with E-state index in [0.717, 1.165) is 18.4 Å². The summed E-state index contributed by atoms with van der Waals surface area (Å²) in [5.41, 5.74) is 0.720. The lowest BCUT2D eigenvalue weighted by atomic mass is 10.0. The smallest absolute Gasteiger partial charge is 0.446 e. The highest BCUT2D eigenvalue weighted by Crippen LogP contribution is 2.39. The van der Waals surface area contributed by atoms with E-state index in [9.17, 15) is 17.6 Å². The molecule has 1 nitrogen and oxygen atoms in total. The van der Waals surface area contributed by atoms with Gasteiger partial charge in [0.05, 0.1) is 0 Å². The molecule has 0 aliphatic heterocycles. The number of allylic oxidation sites excluding steroid dienone is 2. The van der Waals surface area contributed by atoms with Crippen LogP contribution in [0.25, 0.3) is 0 Å². The van der Waals surface area contributed by atoms with Gasteiger partial charge < -0.3 is 4.74 Å². The summed E-state index contributed by atoms with van der Waals surface area (Å²) in [7, 11) is 0. The second-order valence-corrected chi connectivity index (χ2v) is 4.93. The second kappa shape index (κ2) is 6.29. The van der Waals surface area contributed by atoms with E-state index in [4.69, 9.17) is 4.74 Å². The fraction of sp³-hybridized carbons (Fsp3) is 0.467. The first-order chi connectivity index (χ1) is 9.48. The van der Waals surface area contributed by atoms with Crippen molar-refractivity contribution in [1.29, 1.82) is 0 Å². The van der Waals surface area contributed by atoms with E-state index in [1.807, 2.05) is 0 Å². The normalized spacial score (nSPS) is 18.0. The summed E-state index contributed by atoms with van der Waals surface area (Å²) in [4.78, 5) is 0. The Hall–Kier alpha value is -1.52. The average molecular weight is 288 g/mol. The summed E-state index contributed by atoms with van der Waals surface area (Å²) >= 11 is 0. The van der Waals surface area contributed by atoms with Gasteiger partial charge in [-0.05, 0) is 18.4 Å². The molecule has 1 aromatic rings. The molecular formula is C15H16F4O. The minimum atomic E-state index is -4.98. The Balaban J connectivity index is 2.15. The lowest BCUT2D eigenvalue weighted by Crippen LogP contribution is -2.16. The molecule has 5 heteroatoms. The van der Waals surface area contributed by atoms with Crippen LogP contribution in [0.2, 0.25) is 0 Å². The van der Waals surface area contributed by atoms with Gasteiger partial charge in [-0.15, -0.1) is 0 Å². The molecule has 0 atom stereocenters. The van der Waals surface area contributed by atoms with E-state index in [2.05, 4.69) is 0 Å². The molecule has 0 heterocycles. The molecule has 1 fully saturated rings. The van der Waals surface area contributed by atoms with Gasteiger partial charge >= 0.3 is 6.18 Å². The zero-order valence-electron chi connectivity index (χ0n) is 10.9. The first-order valence-electron chi connectivity index (χ1n) is 6.62. The van der Waals surface area contributed by atoms with Crippen molar-refractivity contribution in [2.24, 2.45) is 5.92 Å². The van der Waals surface area contributed by atoms with E-state index in [1.165, 1.54) is 0 Å². The van der Waals surface area contributed by atoms with Crippen LogP contribution in [0, 0.1) is 5.92 Å². The molecule has 1 aliphatic rings. The molecule has 110 valence electrons. The quantitative estimate of drug-likeness (QED) is 0.551. The first kappa shape index (κ1) is 14.9. The summed E-state index contributed by atoms with van der Waals surface area (Å²) in [6.45, 7) is -0.0455. The van der Waals surface area contributed by atoms with E-state index >= 15 is 0 Å². The van der Waals surface area contributed by atoms with Gasteiger partial charge in [-0.1, -0.05) is 43.2 Å². The second-order valence-electron chi connectivity index (χ2n) is 4.93. The van der Waals surface area contributed by atoms with Crippen molar-refractivity contribution in [2.75, 3.05) is 0 Å². The Kier molecular flexibility index (Phi) is 4.68. The van der Waals surface area contributed by atoms with E-state index in [-0.39, 0.29) is 6.61 Å². The van der Waals surface area contributed by atoms with Crippen molar-refractivity contribution < 1.29 is 22.3 Å². The molecule has 0 amide bonds. The largest absolute Gasteiger partial charge is 0.490 e. The molecule has 1 aromatic carbocycles. The van der Waals surface area contributed by atoms with Crippen LogP contribution in [0.4, 0.5) is 17.6 Å². The van der Waals surface area contributed by atoms with Gasteiger partial charge in [-0.25, -0.2) is 0 Å². The van der Waals surface area contributed by atoms with Crippen LogP contribution in [-0.4, -0.2) is 6.18 Å². The highest BCUT2D eigenvalue weighted by atomic mass is 19.4. The third-order valence-electron chi connectivity index (χ3n) is 3.43. The minimum absolute atomic E-state index is 0.0455. The van der Waals surface area contributed by atoms with Crippen molar-refractivity contribution >= 4 is 0 Å². The molecule has 0 N–H and O–H groups in total. The van der Waals surface area contributed by atoms with Crippen molar-refractivity contribution in [2.45, 2.75) is 38.5 Å². The number of halogens is 4. The van der Waals surface area contributed by atoms with Gasteiger partial charge in [0, 0.05) is 5.92 Å². The van der Waals surface area contributed by atoms with Crippen LogP contribution in [0.15, 0.2) is 41.9 Å². The van der Waals surface area contributed by atoms with Crippen LogP contribution in [0.5, 0.6) is 0 Å². The molecule has 20 heavy (non-hydrogen) atoms. The Morgan fingerprint density at radius 1 is 1.10 bits per heavy atom. The summed E-state index contributed by atoms with van der Waals surface area (Å²) < 4.78 is 56.4. The van der Waals surface area contributed by atoms with Crippen LogP contribution in [0.1, 0.15) is 31.2 Å². The lowest BCUT2D eigenvalue weighted by molar-refractivity contribution is -0.115. The predicted molar refractivity (Wildman–Crippen MR) is 67.4 cm³/mol. The fourth-order valence-corrected chi connectivity index (χ4v) is 2.42. The van der Waals surface area contributed by atoms with Gasteiger partial charge in [0.2, 0.25) is 5.83 Å². The van der Waals surface area contributed by atoms with Crippen molar-refractivity contribution in [3.63, 3.8) is 0 Å². The van der Waals surface area contributed by atoms with Gasteiger partial charge in [0.1, 0.15) is 12.4 Å². The van der Waals surface area contributed by atoms with Gasteiger partial charge in [0.15, 0.2) is 0 Å². The number of hydrogen-bond acceptors (Lipinski definition) is 1. The standard InChI is InChI=1S/C15H16F4O/c16-14(15(17,18)19)13(12-8-4-5-9-12)20-10-11-6-2-1-3-7-11/h1-3,6-7,12H,4-5,8-10H2/b14-13+. The molecule has 1 aliphatic carbocycles. The Morgan fingerprint density at radius 2 is 1.70 bits per heavy atom. The molecule has 0 bridgehead atoms. The van der Waals surface area contributed by atoms with Crippen molar-refractivity contribution in [1.82, 2.24) is 0 Å². The van der Waals surface area contributed by atoms with Gasteiger partial charge in [-0.2, -0.15) is 17.6 Å². The van der Waals surface area contributed by atoms with Crippen LogP contribution in [-0.2, 0) is 11.3 Å². The van der Waals surface area contributed by atoms with Crippen molar-refractivity contribution in [3.05, 3.63) is 47.5 Å². The summed E-state index contributed by atoms with van der Waals surface area (Å²) in [5.74, 6) is -3.07. The monoisotopic (exact) mass is 288 g/mol.